The van der Waals surface area contributed by atoms with Crippen molar-refractivity contribution in [2.45, 2.75) is 44.9 Å². The zero-order valence-corrected chi connectivity index (χ0v) is 15.8. The lowest BCUT2D eigenvalue weighted by Crippen LogP contribution is -2.34. The molecule has 148 valence electrons. The molecule has 6 nitrogen and oxygen atoms in total. The molecule has 0 bridgehead atoms. The molecule has 1 saturated carbocycles. The summed E-state index contributed by atoms with van der Waals surface area (Å²) in [5, 5.41) is 25.2. The van der Waals surface area contributed by atoms with Gasteiger partial charge in [-0.05, 0) is 42.5 Å². The van der Waals surface area contributed by atoms with Gasteiger partial charge in [-0.3, -0.25) is 9.59 Å². The molecule has 0 aliphatic heterocycles. The zero-order chi connectivity index (χ0) is 20.0. The number of hydrogen-bond acceptors (Lipinski definition) is 4. The first-order valence-corrected chi connectivity index (χ1v) is 9.63. The van der Waals surface area contributed by atoms with E-state index in [4.69, 9.17) is 0 Å². The number of phenolic OH excluding ortho intramolecular Hbond substituents is 2. The van der Waals surface area contributed by atoms with E-state index in [9.17, 15) is 19.8 Å². The number of carbonyl (C=O) groups excluding carboxylic acids is 2. The molecule has 2 amide bonds. The minimum atomic E-state index is -0.415. The number of hydrogen-bond donors (Lipinski definition) is 4. The van der Waals surface area contributed by atoms with E-state index >= 15 is 0 Å². The molecule has 0 spiro atoms. The van der Waals surface area contributed by atoms with Crippen LogP contribution in [0.3, 0.4) is 0 Å². The maximum Gasteiger partial charge on any atom is 0.225 e. The van der Waals surface area contributed by atoms with Crippen LogP contribution < -0.4 is 10.6 Å². The molecule has 2 aromatic rings. The van der Waals surface area contributed by atoms with E-state index in [1.807, 2.05) is 0 Å². The SMILES string of the molecule is O=C(CC1(CC(=O)Nc2ccccc2O)CCCCC1)Nc1ccccc1O. The number of para-hydroxylation sites is 4. The van der Waals surface area contributed by atoms with E-state index in [2.05, 4.69) is 10.6 Å². The Morgan fingerprint density at radius 2 is 1.18 bits per heavy atom. The Balaban J connectivity index is 1.68. The van der Waals surface area contributed by atoms with Gasteiger partial charge in [0, 0.05) is 12.8 Å². The van der Waals surface area contributed by atoms with Crippen LogP contribution in [0.15, 0.2) is 48.5 Å². The van der Waals surface area contributed by atoms with Crippen molar-refractivity contribution < 1.29 is 19.8 Å². The van der Waals surface area contributed by atoms with Crippen molar-refractivity contribution >= 4 is 23.2 Å². The van der Waals surface area contributed by atoms with E-state index in [0.29, 0.717) is 11.4 Å². The number of amides is 2. The fourth-order valence-electron chi connectivity index (χ4n) is 3.95. The highest BCUT2D eigenvalue weighted by molar-refractivity contribution is 5.95. The average Bonchev–Trinajstić information content (AvgIpc) is 2.66. The molecule has 28 heavy (non-hydrogen) atoms. The van der Waals surface area contributed by atoms with E-state index in [-0.39, 0.29) is 36.2 Å². The summed E-state index contributed by atoms with van der Waals surface area (Å²) >= 11 is 0. The lowest BCUT2D eigenvalue weighted by Gasteiger charge is -2.36. The number of anilines is 2. The predicted molar refractivity (Wildman–Crippen MR) is 108 cm³/mol. The molecule has 0 atom stereocenters. The maximum atomic E-state index is 12.6. The van der Waals surface area contributed by atoms with Gasteiger partial charge in [0.05, 0.1) is 11.4 Å². The van der Waals surface area contributed by atoms with E-state index in [1.165, 1.54) is 12.1 Å². The van der Waals surface area contributed by atoms with Crippen LogP contribution in [0.1, 0.15) is 44.9 Å². The normalized spacial score (nSPS) is 15.6. The van der Waals surface area contributed by atoms with Crippen LogP contribution in [0.25, 0.3) is 0 Å². The third-order valence-electron chi connectivity index (χ3n) is 5.34. The number of aromatic hydroxyl groups is 2. The lowest BCUT2D eigenvalue weighted by molar-refractivity contribution is -0.122. The monoisotopic (exact) mass is 382 g/mol. The summed E-state index contributed by atoms with van der Waals surface area (Å²) < 4.78 is 0. The van der Waals surface area contributed by atoms with Crippen LogP contribution in [0.5, 0.6) is 11.5 Å². The standard InChI is InChI=1S/C22H26N2O4/c25-18-10-4-2-8-16(18)23-20(27)14-22(12-6-1-7-13-22)15-21(28)24-17-9-3-5-11-19(17)26/h2-5,8-11,25-26H,1,6-7,12-15H2,(H,23,27)(H,24,28). The average molecular weight is 382 g/mol. The second-order valence-corrected chi connectivity index (χ2v) is 7.54. The Hall–Kier alpha value is -3.02. The molecule has 0 heterocycles. The van der Waals surface area contributed by atoms with Crippen molar-refractivity contribution in [2.24, 2.45) is 5.41 Å². The molecule has 3 rings (SSSR count). The van der Waals surface area contributed by atoms with Gasteiger partial charge in [-0.2, -0.15) is 0 Å². The summed E-state index contributed by atoms with van der Waals surface area (Å²) in [6, 6.07) is 13.2. The summed E-state index contributed by atoms with van der Waals surface area (Å²) in [7, 11) is 0. The van der Waals surface area contributed by atoms with Gasteiger partial charge < -0.3 is 20.8 Å². The molecule has 0 radical (unpaired) electrons. The van der Waals surface area contributed by atoms with Crippen molar-refractivity contribution in [1.82, 2.24) is 0 Å². The predicted octanol–water partition coefficient (Wildman–Crippen LogP) is 4.41. The molecule has 2 aromatic carbocycles. The minimum absolute atomic E-state index is 0.0193. The van der Waals surface area contributed by atoms with Gasteiger partial charge in [0.25, 0.3) is 0 Å². The van der Waals surface area contributed by atoms with Crippen molar-refractivity contribution in [2.75, 3.05) is 10.6 Å². The Kier molecular flexibility index (Phi) is 6.19. The van der Waals surface area contributed by atoms with Crippen LogP contribution >= 0.6 is 0 Å². The van der Waals surface area contributed by atoms with Gasteiger partial charge in [0.2, 0.25) is 11.8 Å². The third-order valence-corrected chi connectivity index (χ3v) is 5.34. The molecule has 1 aliphatic rings. The van der Waals surface area contributed by atoms with Gasteiger partial charge in [-0.1, -0.05) is 43.5 Å². The molecule has 1 aliphatic carbocycles. The van der Waals surface area contributed by atoms with E-state index < -0.39 is 5.41 Å². The molecular weight excluding hydrogens is 356 g/mol. The Morgan fingerprint density at radius 3 is 1.61 bits per heavy atom. The highest BCUT2D eigenvalue weighted by Crippen LogP contribution is 2.43. The van der Waals surface area contributed by atoms with Crippen molar-refractivity contribution in [3.63, 3.8) is 0 Å². The summed E-state index contributed by atoms with van der Waals surface area (Å²) in [5.41, 5.74) is 0.329. The van der Waals surface area contributed by atoms with Gasteiger partial charge in [0.15, 0.2) is 0 Å². The number of phenols is 2. The van der Waals surface area contributed by atoms with Gasteiger partial charge in [-0.25, -0.2) is 0 Å². The lowest BCUT2D eigenvalue weighted by atomic mass is 9.69. The zero-order valence-electron chi connectivity index (χ0n) is 15.8. The number of carbonyl (C=O) groups is 2. The van der Waals surface area contributed by atoms with E-state index in [1.54, 1.807) is 36.4 Å². The molecule has 0 saturated heterocycles. The topological polar surface area (TPSA) is 98.7 Å². The highest BCUT2D eigenvalue weighted by Gasteiger charge is 2.36. The number of rotatable bonds is 6. The Bertz CT molecular complexity index is 780. The van der Waals surface area contributed by atoms with Gasteiger partial charge in [0.1, 0.15) is 11.5 Å². The van der Waals surface area contributed by atoms with Gasteiger partial charge >= 0.3 is 0 Å². The fourth-order valence-corrected chi connectivity index (χ4v) is 3.95. The first kappa shape index (κ1) is 19.7. The smallest absolute Gasteiger partial charge is 0.225 e. The molecule has 0 aromatic heterocycles. The molecular formula is C22H26N2O4. The van der Waals surface area contributed by atoms with Gasteiger partial charge in [-0.15, -0.1) is 0 Å². The quantitative estimate of drug-likeness (QED) is 0.556. The third kappa shape index (κ3) is 5.03. The maximum absolute atomic E-state index is 12.6. The summed E-state index contributed by atoms with van der Waals surface area (Å²) in [6.45, 7) is 0. The van der Waals surface area contributed by atoms with Crippen LogP contribution in [0, 0.1) is 5.41 Å². The van der Waals surface area contributed by atoms with E-state index in [0.717, 1.165) is 32.1 Å². The Morgan fingerprint density at radius 1 is 0.750 bits per heavy atom. The van der Waals surface area contributed by atoms with Crippen molar-refractivity contribution in [1.29, 1.82) is 0 Å². The summed E-state index contributed by atoms with van der Waals surface area (Å²) in [5.74, 6) is -0.380. The Labute approximate surface area is 164 Å². The number of benzene rings is 2. The second kappa shape index (κ2) is 8.78. The van der Waals surface area contributed by atoms with Crippen LogP contribution in [0.4, 0.5) is 11.4 Å². The largest absolute Gasteiger partial charge is 0.506 e. The van der Waals surface area contributed by atoms with Crippen LogP contribution in [0.2, 0.25) is 0 Å². The van der Waals surface area contributed by atoms with Crippen LogP contribution in [-0.2, 0) is 9.59 Å². The first-order valence-electron chi connectivity index (χ1n) is 9.63. The molecule has 4 N–H and O–H groups in total. The molecule has 0 unspecified atom stereocenters. The van der Waals surface area contributed by atoms with Crippen molar-refractivity contribution in [3.05, 3.63) is 48.5 Å². The molecule has 1 fully saturated rings. The summed E-state index contributed by atoms with van der Waals surface area (Å²) in [4.78, 5) is 25.3. The summed E-state index contributed by atoms with van der Waals surface area (Å²) in [6.07, 6.45) is 5.10. The minimum Gasteiger partial charge on any atom is -0.506 e. The number of nitrogens with one attached hydrogen (secondary N) is 2. The fraction of sp³-hybridized carbons (Fsp3) is 0.364. The highest BCUT2D eigenvalue weighted by atomic mass is 16.3. The first-order chi connectivity index (χ1) is 13.5. The van der Waals surface area contributed by atoms with Crippen molar-refractivity contribution in [3.8, 4) is 11.5 Å². The molecule has 6 heteroatoms. The van der Waals surface area contributed by atoms with Crippen LogP contribution in [-0.4, -0.2) is 22.0 Å². The second-order valence-electron chi connectivity index (χ2n) is 7.54.